The number of carbonyl (C=O) groups is 1. The van der Waals surface area contributed by atoms with E-state index in [0.29, 0.717) is 5.92 Å². The zero-order chi connectivity index (χ0) is 20.9. The van der Waals surface area contributed by atoms with Gasteiger partial charge in [-0.25, -0.2) is 4.98 Å². The number of nitrogens with zero attached hydrogens (tertiary/aromatic N) is 3. The number of piperidine rings is 1. The molecular weight excluding hydrogens is 372 g/mol. The third kappa shape index (κ3) is 4.98. The topological polar surface area (TPSA) is 50.2 Å². The smallest absolute Gasteiger partial charge is 0.224 e. The van der Waals surface area contributed by atoms with Crippen LogP contribution in [0.4, 0.5) is 5.95 Å². The molecule has 0 spiro atoms. The van der Waals surface area contributed by atoms with Crippen molar-refractivity contribution < 1.29 is 4.79 Å². The third-order valence-electron chi connectivity index (χ3n) is 6.90. The average Bonchev–Trinajstić information content (AvgIpc) is 3.13. The highest BCUT2D eigenvalue weighted by molar-refractivity contribution is 5.81. The number of fused-ring (bicyclic) bond motifs is 1. The maximum Gasteiger partial charge on any atom is 0.224 e. The number of amides is 1. The molecule has 5 heteroatoms. The van der Waals surface area contributed by atoms with Crippen molar-refractivity contribution >= 4 is 22.9 Å². The number of nitrogens with one attached hydrogen (secondary N) is 1. The monoisotopic (exact) mass is 410 g/mol. The van der Waals surface area contributed by atoms with Crippen molar-refractivity contribution in [1.29, 1.82) is 0 Å². The lowest BCUT2D eigenvalue weighted by Gasteiger charge is -2.34. The predicted octanol–water partition coefficient (Wildman–Crippen LogP) is 5.00. The van der Waals surface area contributed by atoms with Crippen molar-refractivity contribution in [3.8, 4) is 0 Å². The fourth-order valence-electron chi connectivity index (χ4n) is 5.11. The SMILES string of the molecule is CC(C)CCNC(=O)C1CCCN(c2nc3ccccc3n2CC2CCCCC2)C1. The summed E-state index contributed by atoms with van der Waals surface area (Å²) in [4.78, 5) is 20.2. The van der Waals surface area contributed by atoms with E-state index in [4.69, 9.17) is 4.98 Å². The number of anilines is 1. The Morgan fingerprint density at radius 3 is 2.73 bits per heavy atom. The number of carbonyl (C=O) groups excluding carboxylic acids is 1. The summed E-state index contributed by atoms with van der Waals surface area (Å²) >= 11 is 0. The Kier molecular flexibility index (Phi) is 6.96. The van der Waals surface area contributed by atoms with E-state index in [9.17, 15) is 4.79 Å². The van der Waals surface area contributed by atoms with Crippen molar-refractivity contribution in [2.24, 2.45) is 17.8 Å². The van der Waals surface area contributed by atoms with Crippen LogP contribution in [0.2, 0.25) is 0 Å². The van der Waals surface area contributed by atoms with Gasteiger partial charge < -0.3 is 14.8 Å². The van der Waals surface area contributed by atoms with E-state index in [0.717, 1.165) is 62.8 Å². The molecule has 1 saturated heterocycles. The number of para-hydroxylation sites is 2. The Morgan fingerprint density at radius 2 is 1.93 bits per heavy atom. The molecule has 0 bridgehead atoms. The molecule has 1 aromatic heterocycles. The molecule has 0 radical (unpaired) electrons. The van der Waals surface area contributed by atoms with Crippen LogP contribution >= 0.6 is 0 Å². The molecule has 1 saturated carbocycles. The molecule has 1 atom stereocenters. The fourth-order valence-corrected chi connectivity index (χ4v) is 5.11. The third-order valence-corrected chi connectivity index (χ3v) is 6.90. The average molecular weight is 411 g/mol. The minimum Gasteiger partial charge on any atom is -0.356 e. The van der Waals surface area contributed by atoms with E-state index in [-0.39, 0.29) is 11.8 Å². The van der Waals surface area contributed by atoms with E-state index < -0.39 is 0 Å². The Bertz CT molecular complexity index is 837. The highest BCUT2D eigenvalue weighted by atomic mass is 16.1. The van der Waals surface area contributed by atoms with E-state index in [1.165, 1.54) is 37.6 Å². The van der Waals surface area contributed by atoms with Crippen LogP contribution in [0.3, 0.4) is 0 Å². The quantitative estimate of drug-likeness (QED) is 0.699. The number of imidazole rings is 1. The van der Waals surface area contributed by atoms with Gasteiger partial charge in [-0.15, -0.1) is 0 Å². The number of benzene rings is 1. The summed E-state index contributed by atoms with van der Waals surface area (Å²) in [7, 11) is 0. The fraction of sp³-hybridized carbons (Fsp3) is 0.680. The van der Waals surface area contributed by atoms with Gasteiger partial charge in [0.05, 0.1) is 17.0 Å². The summed E-state index contributed by atoms with van der Waals surface area (Å²) in [6, 6.07) is 8.52. The van der Waals surface area contributed by atoms with Gasteiger partial charge in [0.2, 0.25) is 11.9 Å². The van der Waals surface area contributed by atoms with Crippen LogP contribution in [-0.2, 0) is 11.3 Å². The largest absolute Gasteiger partial charge is 0.356 e. The molecule has 1 aromatic carbocycles. The van der Waals surface area contributed by atoms with Crippen molar-refractivity contribution in [3.63, 3.8) is 0 Å². The van der Waals surface area contributed by atoms with Gasteiger partial charge in [0.15, 0.2) is 0 Å². The summed E-state index contributed by atoms with van der Waals surface area (Å²) in [5.74, 6) is 2.72. The number of hydrogen-bond donors (Lipinski definition) is 1. The first-order chi connectivity index (χ1) is 14.6. The minimum atomic E-state index is 0.0638. The van der Waals surface area contributed by atoms with Crippen LogP contribution in [0.5, 0.6) is 0 Å². The van der Waals surface area contributed by atoms with Gasteiger partial charge in [0.1, 0.15) is 0 Å². The molecule has 1 amide bonds. The first kappa shape index (κ1) is 21.2. The normalized spacial score (nSPS) is 20.8. The molecule has 2 heterocycles. The number of rotatable bonds is 7. The van der Waals surface area contributed by atoms with Crippen molar-refractivity contribution in [3.05, 3.63) is 24.3 Å². The lowest BCUT2D eigenvalue weighted by atomic mass is 9.89. The summed E-state index contributed by atoms with van der Waals surface area (Å²) in [6.07, 6.45) is 9.82. The van der Waals surface area contributed by atoms with Crippen LogP contribution in [0, 0.1) is 17.8 Å². The molecule has 5 nitrogen and oxygen atoms in total. The molecule has 1 unspecified atom stereocenters. The molecule has 2 fully saturated rings. The van der Waals surface area contributed by atoms with E-state index in [1.807, 2.05) is 0 Å². The summed E-state index contributed by atoms with van der Waals surface area (Å²) in [5, 5.41) is 3.17. The summed E-state index contributed by atoms with van der Waals surface area (Å²) in [6.45, 7) is 8.01. The highest BCUT2D eigenvalue weighted by Gasteiger charge is 2.29. The first-order valence-electron chi connectivity index (χ1n) is 12.1. The Hall–Kier alpha value is -2.04. The molecule has 2 aliphatic rings. The van der Waals surface area contributed by atoms with Crippen LogP contribution in [-0.4, -0.2) is 35.1 Å². The molecular formula is C25H38N4O. The second kappa shape index (κ2) is 9.84. The molecule has 1 aliphatic carbocycles. The Balaban J connectivity index is 1.51. The highest BCUT2D eigenvalue weighted by Crippen LogP contribution is 2.31. The van der Waals surface area contributed by atoms with Gasteiger partial charge in [0, 0.05) is 26.2 Å². The van der Waals surface area contributed by atoms with E-state index in [1.54, 1.807) is 0 Å². The second-order valence-corrected chi connectivity index (χ2v) is 9.77. The Labute approximate surface area is 181 Å². The van der Waals surface area contributed by atoms with Crippen molar-refractivity contribution in [2.75, 3.05) is 24.5 Å². The molecule has 1 N–H and O–H groups in total. The number of hydrogen-bond acceptors (Lipinski definition) is 3. The maximum atomic E-state index is 12.8. The number of aromatic nitrogens is 2. The standard InChI is InChI=1S/C25H38N4O/c1-19(2)14-15-26-24(30)21-11-8-16-28(18-21)25-27-22-12-6-7-13-23(22)29(25)17-20-9-4-3-5-10-20/h6-7,12-13,19-21H,3-5,8-11,14-18H2,1-2H3,(H,26,30). The van der Waals surface area contributed by atoms with Gasteiger partial charge >= 0.3 is 0 Å². The van der Waals surface area contributed by atoms with Gasteiger partial charge in [-0.3, -0.25) is 4.79 Å². The van der Waals surface area contributed by atoms with E-state index in [2.05, 4.69) is 52.9 Å². The van der Waals surface area contributed by atoms with Crippen molar-refractivity contribution in [1.82, 2.24) is 14.9 Å². The lowest BCUT2D eigenvalue weighted by Crippen LogP contribution is -2.44. The first-order valence-corrected chi connectivity index (χ1v) is 12.1. The minimum absolute atomic E-state index is 0.0638. The molecule has 30 heavy (non-hydrogen) atoms. The predicted molar refractivity (Wildman–Crippen MR) is 124 cm³/mol. The Morgan fingerprint density at radius 1 is 1.13 bits per heavy atom. The van der Waals surface area contributed by atoms with Crippen LogP contribution in [0.1, 0.15) is 65.2 Å². The summed E-state index contributed by atoms with van der Waals surface area (Å²) < 4.78 is 2.45. The van der Waals surface area contributed by atoms with Crippen LogP contribution in [0.25, 0.3) is 11.0 Å². The second-order valence-electron chi connectivity index (χ2n) is 9.77. The van der Waals surface area contributed by atoms with Gasteiger partial charge in [-0.2, -0.15) is 0 Å². The molecule has 164 valence electrons. The van der Waals surface area contributed by atoms with Gasteiger partial charge in [0.25, 0.3) is 0 Å². The van der Waals surface area contributed by atoms with E-state index >= 15 is 0 Å². The molecule has 1 aliphatic heterocycles. The van der Waals surface area contributed by atoms with Crippen LogP contribution < -0.4 is 10.2 Å². The molecule has 4 rings (SSSR count). The maximum absolute atomic E-state index is 12.8. The lowest BCUT2D eigenvalue weighted by molar-refractivity contribution is -0.125. The van der Waals surface area contributed by atoms with Gasteiger partial charge in [-0.05, 0) is 56.1 Å². The molecule has 2 aromatic rings. The van der Waals surface area contributed by atoms with Gasteiger partial charge in [-0.1, -0.05) is 45.2 Å². The van der Waals surface area contributed by atoms with Crippen molar-refractivity contribution in [2.45, 2.75) is 71.8 Å². The van der Waals surface area contributed by atoms with Crippen LogP contribution in [0.15, 0.2) is 24.3 Å². The summed E-state index contributed by atoms with van der Waals surface area (Å²) in [5.41, 5.74) is 2.31. The zero-order valence-corrected chi connectivity index (χ0v) is 18.8. The zero-order valence-electron chi connectivity index (χ0n) is 18.8.